The van der Waals surface area contributed by atoms with Crippen molar-refractivity contribution in [2.45, 2.75) is 33.1 Å². The third kappa shape index (κ3) is 7.11. The highest BCUT2D eigenvalue weighted by Gasteiger charge is 1.86. The zero-order valence-corrected chi connectivity index (χ0v) is 7.69. The number of hydrogen-bond donors (Lipinski definition) is 0. The maximum absolute atomic E-state index is 3.85. The minimum Gasteiger partial charge on any atom is -0.103 e. The Labute approximate surface area is 70.3 Å². The van der Waals surface area contributed by atoms with Crippen LogP contribution in [0.25, 0.3) is 0 Å². The molecule has 0 unspecified atom stereocenters. The first kappa shape index (κ1) is 10.2. The SMILES string of the molecule is C=CCC(C)=CCCC(=C)C. The Bertz CT molecular complexity index is 161. The predicted molar refractivity (Wildman–Crippen MR) is 52.6 cm³/mol. The van der Waals surface area contributed by atoms with E-state index >= 15 is 0 Å². The molecule has 0 spiro atoms. The molecule has 0 atom stereocenters. The van der Waals surface area contributed by atoms with Crippen LogP contribution in [0.1, 0.15) is 33.1 Å². The summed E-state index contributed by atoms with van der Waals surface area (Å²) in [5, 5.41) is 0. The lowest BCUT2D eigenvalue weighted by atomic mass is 10.1. The van der Waals surface area contributed by atoms with Crippen molar-refractivity contribution in [3.8, 4) is 0 Å². The summed E-state index contributed by atoms with van der Waals surface area (Å²) in [6.07, 6.45) is 7.43. The Hall–Kier alpha value is -0.780. The van der Waals surface area contributed by atoms with Crippen molar-refractivity contribution in [3.05, 3.63) is 36.5 Å². The maximum Gasteiger partial charge on any atom is -0.0144 e. The molecule has 0 saturated carbocycles. The molecule has 0 aliphatic carbocycles. The normalized spacial score (nSPS) is 11.3. The van der Waals surface area contributed by atoms with Gasteiger partial charge in [0.1, 0.15) is 0 Å². The van der Waals surface area contributed by atoms with E-state index in [0.717, 1.165) is 19.3 Å². The molecule has 0 aliphatic rings. The third-order valence-corrected chi connectivity index (χ3v) is 1.53. The number of rotatable bonds is 5. The first-order chi connectivity index (χ1) is 5.16. The van der Waals surface area contributed by atoms with Crippen molar-refractivity contribution in [1.82, 2.24) is 0 Å². The summed E-state index contributed by atoms with van der Waals surface area (Å²) >= 11 is 0. The number of allylic oxidation sites excluding steroid dienone is 4. The zero-order chi connectivity index (χ0) is 8.69. The van der Waals surface area contributed by atoms with Crippen LogP contribution in [0.15, 0.2) is 36.5 Å². The van der Waals surface area contributed by atoms with Crippen LogP contribution in [0.4, 0.5) is 0 Å². The van der Waals surface area contributed by atoms with Gasteiger partial charge >= 0.3 is 0 Å². The van der Waals surface area contributed by atoms with Gasteiger partial charge in [0, 0.05) is 0 Å². The van der Waals surface area contributed by atoms with Crippen molar-refractivity contribution >= 4 is 0 Å². The summed E-state index contributed by atoms with van der Waals surface area (Å²) in [4.78, 5) is 0. The molecule has 0 heterocycles. The molecule has 0 bridgehead atoms. The summed E-state index contributed by atoms with van der Waals surface area (Å²) in [5.74, 6) is 0. The van der Waals surface area contributed by atoms with E-state index in [1.807, 2.05) is 6.08 Å². The molecule has 0 radical (unpaired) electrons. The summed E-state index contributed by atoms with van der Waals surface area (Å²) in [7, 11) is 0. The molecule has 0 aromatic heterocycles. The highest BCUT2D eigenvalue weighted by atomic mass is 13.9. The van der Waals surface area contributed by atoms with E-state index in [9.17, 15) is 0 Å². The van der Waals surface area contributed by atoms with Gasteiger partial charge in [-0.15, -0.1) is 13.2 Å². The Morgan fingerprint density at radius 1 is 1.36 bits per heavy atom. The van der Waals surface area contributed by atoms with Gasteiger partial charge in [-0.2, -0.15) is 0 Å². The van der Waals surface area contributed by atoms with Crippen LogP contribution in [0.5, 0.6) is 0 Å². The molecule has 0 aliphatic heterocycles. The molecule has 0 saturated heterocycles. The lowest BCUT2D eigenvalue weighted by Gasteiger charge is -1.96. The van der Waals surface area contributed by atoms with Gasteiger partial charge in [-0.3, -0.25) is 0 Å². The van der Waals surface area contributed by atoms with Gasteiger partial charge in [0.2, 0.25) is 0 Å². The Morgan fingerprint density at radius 2 is 2.00 bits per heavy atom. The van der Waals surface area contributed by atoms with Crippen LogP contribution in [0.3, 0.4) is 0 Å². The molecule has 0 fully saturated rings. The first-order valence-electron chi connectivity index (χ1n) is 4.07. The molecule has 11 heavy (non-hydrogen) atoms. The second-order valence-electron chi connectivity index (χ2n) is 3.04. The van der Waals surface area contributed by atoms with Crippen LogP contribution in [-0.4, -0.2) is 0 Å². The lowest BCUT2D eigenvalue weighted by Crippen LogP contribution is -1.76. The molecule has 0 aromatic rings. The Morgan fingerprint density at radius 3 is 2.45 bits per heavy atom. The van der Waals surface area contributed by atoms with Crippen LogP contribution in [-0.2, 0) is 0 Å². The maximum atomic E-state index is 3.85. The van der Waals surface area contributed by atoms with Crippen molar-refractivity contribution in [1.29, 1.82) is 0 Å². The van der Waals surface area contributed by atoms with Gasteiger partial charge in [0.25, 0.3) is 0 Å². The third-order valence-electron chi connectivity index (χ3n) is 1.53. The van der Waals surface area contributed by atoms with Gasteiger partial charge in [0.05, 0.1) is 0 Å². The van der Waals surface area contributed by atoms with Crippen LogP contribution < -0.4 is 0 Å². The molecule has 0 N–H and O–H groups in total. The van der Waals surface area contributed by atoms with E-state index < -0.39 is 0 Å². The van der Waals surface area contributed by atoms with E-state index in [0.29, 0.717) is 0 Å². The average Bonchev–Trinajstić information content (AvgIpc) is 1.87. The summed E-state index contributed by atoms with van der Waals surface area (Å²) < 4.78 is 0. The van der Waals surface area contributed by atoms with E-state index in [4.69, 9.17) is 0 Å². The standard InChI is InChI=1S/C11H18/c1-5-7-11(4)9-6-8-10(2)3/h5,9H,1-2,6-8H2,3-4H3. The fourth-order valence-corrected chi connectivity index (χ4v) is 0.876. The van der Waals surface area contributed by atoms with Crippen molar-refractivity contribution in [2.24, 2.45) is 0 Å². The highest BCUT2D eigenvalue weighted by Crippen LogP contribution is 2.06. The topological polar surface area (TPSA) is 0 Å². The van der Waals surface area contributed by atoms with Crippen LogP contribution >= 0.6 is 0 Å². The zero-order valence-electron chi connectivity index (χ0n) is 7.69. The van der Waals surface area contributed by atoms with Gasteiger partial charge in [-0.25, -0.2) is 0 Å². The lowest BCUT2D eigenvalue weighted by molar-refractivity contribution is 0.965. The van der Waals surface area contributed by atoms with Crippen molar-refractivity contribution < 1.29 is 0 Å². The molecular formula is C11H18. The van der Waals surface area contributed by atoms with Crippen LogP contribution in [0.2, 0.25) is 0 Å². The molecule has 0 rings (SSSR count). The molecule has 62 valence electrons. The summed E-state index contributed by atoms with van der Waals surface area (Å²) in [6, 6.07) is 0. The average molecular weight is 150 g/mol. The Balaban J connectivity index is 3.55. The van der Waals surface area contributed by atoms with Gasteiger partial charge in [-0.1, -0.05) is 23.3 Å². The van der Waals surface area contributed by atoms with E-state index in [1.54, 1.807) is 0 Å². The Kier molecular flexibility index (Phi) is 5.54. The molecule has 0 heteroatoms. The largest absolute Gasteiger partial charge is 0.103 e. The van der Waals surface area contributed by atoms with Crippen molar-refractivity contribution in [3.63, 3.8) is 0 Å². The predicted octanol–water partition coefficient (Wildman–Crippen LogP) is 3.87. The second-order valence-corrected chi connectivity index (χ2v) is 3.04. The van der Waals surface area contributed by atoms with E-state index in [-0.39, 0.29) is 0 Å². The molecule has 0 amide bonds. The minimum absolute atomic E-state index is 1.01. The smallest absolute Gasteiger partial charge is 0.0144 e. The first-order valence-corrected chi connectivity index (χ1v) is 4.07. The van der Waals surface area contributed by atoms with Crippen LogP contribution in [0, 0.1) is 0 Å². The summed E-state index contributed by atoms with van der Waals surface area (Å²) in [6.45, 7) is 11.7. The fraction of sp³-hybridized carbons (Fsp3) is 0.455. The minimum atomic E-state index is 1.01. The molecule has 0 nitrogen and oxygen atoms in total. The molecule has 0 aromatic carbocycles. The summed E-state index contributed by atoms with van der Waals surface area (Å²) in [5.41, 5.74) is 2.66. The van der Waals surface area contributed by atoms with Gasteiger partial charge in [0.15, 0.2) is 0 Å². The fourth-order valence-electron chi connectivity index (χ4n) is 0.876. The van der Waals surface area contributed by atoms with Gasteiger partial charge in [-0.05, 0) is 33.1 Å². The number of hydrogen-bond acceptors (Lipinski definition) is 0. The highest BCUT2D eigenvalue weighted by molar-refractivity contribution is 5.04. The molecular weight excluding hydrogens is 132 g/mol. The second kappa shape index (κ2) is 5.96. The quantitative estimate of drug-likeness (QED) is 0.522. The van der Waals surface area contributed by atoms with Gasteiger partial charge < -0.3 is 0 Å². The monoisotopic (exact) mass is 150 g/mol. The van der Waals surface area contributed by atoms with E-state index in [2.05, 4.69) is 33.1 Å². The van der Waals surface area contributed by atoms with E-state index in [1.165, 1.54) is 11.1 Å². The van der Waals surface area contributed by atoms with Crippen molar-refractivity contribution in [2.75, 3.05) is 0 Å².